The number of aromatic nitrogens is 2. The fourth-order valence-corrected chi connectivity index (χ4v) is 3.83. The number of aliphatic hydroxyl groups is 1. The predicted octanol–water partition coefficient (Wildman–Crippen LogP) is 2.86. The molecule has 0 aliphatic heterocycles. The van der Waals surface area contributed by atoms with Crippen LogP contribution >= 0.6 is 0 Å². The van der Waals surface area contributed by atoms with Gasteiger partial charge in [0.1, 0.15) is 0 Å². The highest BCUT2D eigenvalue weighted by molar-refractivity contribution is 5.06. The quantitative estimate of drug-likeness (QED) is 0.921. The summed E-state index contributed by atoms with van der Waals surface area (Å²) in [5.74, 6) is 0. The number of hydrogen-bond donors (Lipinski definition) is 1. The van der Waals surface area contributed by atoms with Crippen LogP contribution in [0, 0.1) is 0 Å². The van der Waals surface area contributed by atoms with E-state index in [9.17, 15) is 5.11 Å². The van der Waals surface area contributed by atoms with Gasteiger partial charge in [-0.05, 0) is 38.2 Å². The van der Waals surface area contributed by atoms with Crippen LogP contribution in [0.5, 0.6) is 0 Å². The van der Waals surface area contributed by atoms with Crippen LogP contribution in [0.25, 0.3) is 0 Å². The van der Waals surface area contributed by atoms with Gasteiger partial charge in [-0.3, -0.25) is 4.68 Å². The second-order valence-electron chi connectivity index (χ2n) is 6.58. The molecule has 1 aromatic heterocycles. The van der Waals surface area contributed by atoms with Crippen LogP contribution in [0.15, 0.2) is 12.3 Å². The van der Waals surface area contributed by atoms with Crippen molar-refractivity contribution in [3.05, 3.63) is 18.0 Å². The summed E-state index contributed by atoms with van der Waals surface area (Å²) in [6, 6.07) is 2.66. The Morgan fingerprint density at radius 3 is 2.90 bits per heavy atom. The number of ether oxygens (including phenoxy) is 1. The van der Waals surface area contributed by atoms with Crippen molar-refractivity contribution in [3.8, 4) is 0 Å². The molecule has 1 heterocycles. The molecule has 0 radical (unpaired) electrons. The van der Waals surface area contributed by atoms with Gasteiger partial charge in [0.2, 0.25) is 0 Å². The van der Waals surface area contributed by atoms with E-state index >= 15 is 0 Å². The highest BCUT2D eigenvalue weighted by Gasteiger charge is 2.35. The molecule has 20 heavy (non-hydrogen) atoms. The van der Waals surface area contributed by atoms with E-state index < -0.39 is 5.60 Å². The van der Waals surface area contributed by atoms with Gasteiger partial charge in [0, 0.05) is 26.1 Å². The van der Waals surface area contributed by atoms with Crippen LogP contribution in [0.1, 0.15) is 63.1 Å². The van der Waals surface area contributed by atoms with E-state index in [1.807, 2.05) is 0 Å². The van der Waals surface area contributed by atoms with E-state index in [1.165, 1.54) is 25.7 Å². The maximum absolute atomic E-state index is 10.8. The average Bonchev–Trinajstić information content (AvgIpc) is 3.08. The maximum Gasteiger partial charge on any atom is 0.0728 e. The molecule has 4 heteroatoms. The van der Waals surface area contributed by atoms with Crippen LogP contribution in [0.3, 0.4) is 0 Å². The number of rotatable bonds is 4. The van der Waals surface area contributed by atoms with Crippen LogP contribution < -0.4 is 0 Å². The summed E-state index contributed by atoms with van der Waals surface area (Å²) in [6.07, 6.45) is 11.8. The summed E-state index contributed by atoms with van der Waals surface area (Å²) in [4.78, 5) is 0. The van der Waals surface area contributed by atoms with E-state index in [1.54, 1.807) is 7.11 Å². The third kappa shape index (κ3) is 3.07. The largest absolute Gasteiger partial charge is 0.389 e. The first-order valence-electron chi connectivity index (χ1n) is 7.98. The SMILES string of the molecule is COC1CCCC(O)(Cc2ccn(C3CCCC3)n2)C1. The monoisotopic (exact) mass is 278 g/mol. The zero-order chi connectivity index (χ0) is 14.0. The van der Waals surface area contributed by atoms with Gasteiger partial charge in [0.25, 0.3) is 0 Å². The first-order valence-corrected chi connectivity index (χ1v) is 7.98. The van der Waals surface area contributed by atoms with Crippen LogP contribution in [0.2, 0.25) is 0 Å². The first-order chi connectivity index (χ1) is 9.68. The molecule has 0 aromatic carbocycles. The van der Waals surface area contributed by atoms with Crippen molar-refractivity contribution in [2.24, 2.45) is 0 Å². The Morgan fingerprint density at radius 1 is 1.35 bits per heavy atom. The lowest BCUT2D eigenvalue weighted by Gasteiger charge is -2.35. The zero-order valence-corrected chi connectivity index (χ0v) is 12.4. The minimum absolute atomic E-state index is 0.200. The molecule has 2 aliphatic carbocycles. The summed E-state index contributed by atoms with van der Waals surface area (Å²) < 4.78 is 7.54. The maximum atomic E-state index is 10.8. The van der Waals surface area contributed by atoms with Crippen molar-refractivity contribution in [2.75, 3.05) is 7.11 Å². The van der Waals surface area contributed by atoms with E-state index in [0.29, 0.717) is 12.5 Å². The fraction of sp³-hybridized carbons (Fsp3) is 0.812. The summed E-state index contributed by atoms with van der Waals surface area (Å²) in [7, 11) is 1.74. The van der Waals surface area contributed by atoms with Crippen molar-refractivity contribution >= 4 is 0 Å². The summed E-state index contributed by atoms with van der Waals surface area (Å²) in [5.41, 5.74) is 0.393. The van der Waals surface area contributed by atoms with E-state index in [4.69, 9.17) is 9.84 Å². The molecule has 0 saturated heterocycles. The van der Waals surface area contributed by atoms with Gasteiger partial charge in [0.15, 0.2) is 0 Å². The summed E-state index contributed by atoms with van der Waals surface area (Å²) in [5, 5.41) is 15.5. The molecular formula is C16H26N2O2. The molecule has 1 N–H and O–H groups in total. The number of nitrogens with zero attached hydrogens (tertiary/aromatic N) is 2. The van der Waals surface area contributed by atoms with Crippen molar-refractivity contribution in [1.82, 2.24) is 9.78 Å². The molecular weight excluding hydrogens is 252 g/mol. The van der Waals surface area contributed by atoms with Gasteiger partial charge in [-0.25, -0.2) is 0 Å². The molecule has 2 unspecified atom stereocenters. The molecule has 1 aromatic rings. The minimum Gasteiger partial charge on any atom is -0.389 e. The Balaban J connectivity index is 1.64. The smallest absolute Gasteiger partial charge is 0.0728 e. The van der Waals surface area contributed by atoms with E-state index in [-0.39, 0.29) is 6.10 Å². The zero-order valence-electron chi connectivity index (χ0n) is 12.4. The van der Waals surface area contributed by atoms with E-state index in [0.717, 1.165) is 31.4 Å². The number of methoxy groups -OCH3 is 1. The normalized spacial score (nSPS) is 31.8. The second kappa shape index (κ2) is 5.86. The Bertz CT molecular complexity index is 439. The molecule has 112 valence electrons. The molecule has 0 spiro atoms. The summed E-state index contributed by atoms with van der Waals surface area (Å²) >= 11 is 0. The van der Waals surface area contributed by atoms with Crippen molar-refractivity contribution in [3.63, 3.8) is 0 Å². The van der Waals surface area contributed by atoms with Gasteiger partial charge < -0.3 is 9.84 Å². The van der Waals surface area contributed by atoms with Gasteiger partial charge in [-0.2, -0.15) is 5.10 Å². The van der Waals surface area contributed by atoms with Crippen LogP contribution in [-0.2, 0) is 11.2 Å². The van der Waals surface area contributed by atoms with Crippen LogP contribution in [-0.4, -0.2) is 33.7 Å². The van der Waals surface area contributed by atoms with Crippen molar-refractivity contribution < 1.29 is 9.84 Å². The molecule has 2 fully saturated rings. The summed E-state index contributed by atoms with van der Waals surface area (Å²) in [6.45, 7) is 0. The van der Waals surface area contributed by atoms with Gasteiger partial charge >= 0.3 is 0 Å². The van der Waals surface area contributed by atoms with Gasteiger partial charge in [-0.1, -0.05) is 12.8 Å². The first kappa shape index (κ1) is 14.1. The molecule has 3 rings (SSSR count). The fourth-order valence-electron chi connectivity index (χ4n) is 3.83. The lowest BCUT2D eigenvalue weighted by Crippen LogP contribution is -2.40. The molecule has 0 bridgehead atoms. The second-order valence-corrected chi connectivity index (χ2v) is 6.58. The highest BCUT2D eigenvalue weighted by atomic mass is 16.5. The van der Waals surface area contributed by atoms with Crippen molar-refractivity contribution in [1.29, 1.82) is 0 Å². The lowest BCUT2D eigenvalue weighted by molar-refractivity contribution is -0.0586. The minimum atomic E-state index is -0.631. The van der Waals surface area contributed by atoms with Gasteiger partial charge in [-0.15, -0.1) is 0 Å². The lowest BCUT2D eigenvalue weighted by atomic mass is 9.80. The molecule has 2 aliphatic rings. The topological polar surface area (TPSA) is 47.3 Å². The third-order valence-corrected chi connectivity index (χ3v) is 4.98. The Morgan fingerprint density at radius 2 is 2.15 bits per heavy atom. The predicted molar refractivity (Wildman–Crippen MR) is 77.7 cm³/mol. The standard InChI is InChI=1S/C16H26N2O2/c1-20-15-7-4-9-16(19,12-15)11-13-8-10-18(17-13)14-5-2-3-6-14/h8,10,14-15,19H,2-7,9,11-12H2,1H3. The Kier molecular flexibility index (Phi) is 4.13. The van der Waals surface area contributed by atoms with Crippen LogP contribution in [0.4, 0.5) is 0 Å². The Hall–Kier alpha value is -0.870. The number of hydrogen-bond acceptors (Lipinski definition) is 3. The Labute approximate surface area is 121 Å². The van der Waals surface area contributed by atoms with E-state index in [2.05, 4.69) is 16.9 Å². The molecule has 2 saturated carbocycles. The average molecular weight is 278 g/mol. The molecule has 4 nitrogen and oxygen atoms in total. The molecule has 2 atom stereocenters. The highest BCUT2D eigenvalue weighted by Crippen LogP contribution is 2.33. The van der Waals surface area contributed by atoms with Crippen molar-refractivity contribution in [2.45, 2.75) is 75.5 Å². The molecule has 0 amide bonds. The third-order valence-electron chi connectivity index (χ3n) is 4.98. The van der Waals surface area contributed by atoms with Gasteiger partial charge in [0.05, 0.1) is 23.4 Å².